The van der Waals surface area contributed by atoms with Crippen LogP contribution in [0.2, 0.25) is 0 Å². The average Bonchev–Trinajstić information content (AvgIpc) is 2.71. The van der Waals surface area contributed by atoms with Crippen molar-refractivity contribution in [3.8, 4) is 11.1 Å². The Bertz CT molecular complexity index is 1070. The summed E-state index contributed by atoms with van der Waals surface area (Å²) >= 11 is 0. The van der Waals surface area contributed by atoms with E-state index in [1.54, 1.807) is 0 Å². The number of rotatable bonds is 3. The molecule has 0 spiro atoms. The van der Waals surface area contributed by atoms with E-state index in [0.717, 1.165) is 21.9 Å². The fourth-order valence-corrected chi connectivity index (χ4v) is 4.66. The molecule has 4 heteroatoms. The molecule has 1 amide bonds. The molecule has 0 unspecified atom stereocenters. The fraction of sp³-hybridized carbons (Fsp3) is 0.346. The van der Waals surface area contributed by atoms with Crippen molar-refractivity contribution in [3.05, 3.63) is 71.3 Å². The molecule has 4 nitrogen and oxygen atoms in total. The third kappa shape index (κ3) is 3.85. The quantitative estimate of drug-likeness (QED) is 0.712. The SMILES string of the molecule is Cc1cc(C)cc(-c2cccc3c(C(=O)N4CC[C@H](O)[C@@H](N(C)C)C4)cccc23)c1. The maximum Gasteiger partial charge on any atom is 0.254 e. The molecule has 3 aromatic rings. The van der Waals surface area contributed by atoms with Crippen LogP contribution in [0.3, 0.4) is 0 Å². The Morgan fingerprint density at radius 3 is 2.37 bits per heavy atom. The van der Waals surface area contributed by atoms with Crippen LogP contribution < -0.4 is 0 Å². The van der Waals surface area contributed by atoms with E-state index in [0.29, 0.717) is 19.5 Å². The summed E-state index contributed by atoms with van der Waals surface area (Å²) in [6.45, 7) is 5.35. The van der Waals surface area contributed by atoms with Crippen molar-refractivity contribution < 1.29 is 9.90 Å². The molecule has 0 saturated carbocycles. The highest BCUT2D eigenvalue weighted by Crippen LogP contribution is 2.32. The van der Waals surface area contributed by atoms with E-state index in [2.05, 4.69) is 44.2 Å². The Kier molecular flexibility index (Phi) is 5.63. The molecule has 30 heavy (non-hydrogen) atoms. The van der Waals surface area contributed by atoms with Gasteiger partial charge in [0.2, 0.25) is 0 Å². The number of piperidine rings is 1. The fourth-order valence-electron chi connectivity index (χ4n) is 4.66. The van der Waals surface area contributed by atoms with E-state index in [4.69, 9.17) is 0 Å². The molecular formula is C26H30N2O2. The summed E-state index contributed by atoms with van der Waals surface area (Å²) in [5, 5.41) is 12.4. The van der Waals surface area contributed by atoms with Gasteiger partial charge in [-0.1, -0.05) is 59.7 Å². The van der Waals surface area contributed by atoms with Gasteiger partial charge in [0.1, 0.15) is 0 Å². The van der Waals surface area contributed by atoms with Crippen molar-refractivity contribution >= 4 is 16.7 Å². The lowest BCUT2D eigenvalue weighted by atomic mass is 9.93. The molecule has 1 saturated heterocycles. The van der Waals surface area contributed by atoms with Crippen LogP contribution in [0.15, 0.2) is 54.6 Å². The summed E-state index contributed by atoms with van der Waals surface area (Å²) in [4.78, 5) is 17.4. The van der Waals surface area contributed by atoms with Crippen LogP contribution in [0.5, 0.6) is 0 Å². The molecule has 1 aliphatic rings. The number of hydrogen-bond donors (Lipinski definition) is 1. The van der Waals surface area contributed by atoms with Gasteiger partial charge in [-0.3, -0.25) is 4.79 Å². The number of carbonyl (C=O) groups excluding carboxylic acids is 1. The number of amides is 1. The number of nitrogens with zero attached hydrogens (tertiary/aromatic N) is 2. The van der Waals surface area contributed by atoms with Gasteiger partial charge in [-0.05, 0) is 62.3 Å². The van der Waals surface area contributed by atoms with Gasteiger partial charge in [0.25, 0.3) is 5.91 Å². The first-order valence-corrected chi connectivity index (χ1v) is 10.6. The molecule has 1 heterocycles. The lowest BCUT2D eigenvalue weighted by Crippen LogP contribution is -2.54. The predicted molar refractivity (Wildman–Crippen MR) is 123 cm³/mol. The average molecular weight is 403 g/mol. The minimum atomic E-state index is -0.396. The van der Waals surface area contributed by atoms with Crippen LogP contribution in [0.1, 0.15) is 27.9 Å². The van der Waals surface area contributed by atoms with Gasteiger partial charge in [0, 0.05) is 18.7 Å². The number of likely N-dealkylation sites (tertiary alicyclic amines) is 1. The standard InChI is InChI=1S/C26H30N2O2/c1-17-13-18(2)15-19(14-17)20-7-5-9-22-21(20)8-6-10-23(22)26(30)28-12-11-25(29)24(16-28)27(3)4/h5-10,13-15,24-25,29H,11-12,16H2,1-4H3/t24-,25-/m0/s1. The number of carbonyl (C=O) groups is 1. The number of hydrogen-bond acceptors (Lipinski definition) is 3. The molecule has 0 bridgehead atoms. The minimum Gasteiger partial charge on any atom is -0.391 e. The maximum absolute atomic E-state index is 13.5. The Labute approximate surface area is 178 Å². The zero-order valence-corrected chi connectivity index (χ0v) is 18.2. The molecule has 156 valence electrons. The van der Waals surface area contributed by atoms with Crippen LogP contribution in [0.25, 0.3) is 21.9 Å². The monoisotopic (exact) mass is 402 g/mol. The van der Waals surface area contributed by atoms with Crippen molar-refractivity contribution in [1.29, 1.82) is 0 Å². The number of aryl methyl sites for hydroxylation is 2. The Hall–Kier alpha value is -2.69. The minimum absolute atomic E-state index is 0.0384. The molecule has 0 aromatic heterocycles. The highest BCUT2D eigenvalue weighted by atomic mass is 16.3. The van der Waals surface area contributed by atoms with Gasteiger partial charge in [-0.25, -0.2) is 0 Å². The van der Waals surface area contributed by atoms with E-state index < -0.39 is 6.10 Å². The first kappa shape index (κ1) is 20.6. The van der Waals surface area contributed by atoms with Crippen molar-refractivity contribution in [1.82, 2.24) is 9.80 Å². The molecule has 1 N–H and O–H groups in total. The zero-order chi connectivity index (χ0) is 21.4. The van der Waals surface area contributed by atoms with Crippen molar-refractivity contribution in [2.45, 2.75) is 32.4 Å². The van der Waals surface area contributed by atoms with E-state index in [9.17, 15) is 9.90 Å². The molecular weight excluding hydrogens is 372 g/mol. The number of aliphatic hydroxyl groups is 1. The van der Waals surface area contributed by atoms with Gasteiger partial charge in [-0.2, -0.15) is 0 Å². The summed E-state index contributed by atoms with van der Waals surface area (Å²) in [5.41, 5.74) is 5.52. The van der Waals surface area contributed by atoms with Crippen molar-refractivity contribution in [2.75, 3.05) is 27.2 Å². The second-order valence-electron chi connectivity index (χ2n) is 8.72. The lowest BCUT2D eigenvalue weighted by molar-refractivity contribution is 0.00895. The van der Waals surface area contributed by atoms with E-state index in [1.165, 1.54) is 16.7 Å². The number of aliphatic hydroxyl groups excluding tert-OH is 1. The van der Waals surface area contributed by atoms with Gasteiger partial charge in [0.15, 0.2) is 0 Å². The Balaban J connectivity index is 1.75. The zero-order valence-electron chi connectivity index (χ0n) is 18.2. The summed E-state index contributed by atoms with van der Waals surface area (Å²) < 4.78 is 0. The Morgan fingerprint density at radius 2 is 1.67 bits per heavy atom. The number of benzene rings is 3. The molecule has 0 radical (unpaired) electrons. The maximum atomic E-state index is 13.5. The molecule has 0 aliphatic carbocycles. The largest absolute Gasteiger partial charge is 0.391 e. The third-order valence-electron chi connectivity index (χ3n) is 6.18. The molecule has 2 atom stereocenters. The van der Waals surface area contributed by atoms with Gasteiger partial charge in [-0.15, -0.1) is 0 Å². The van der Waals surface area contributed by atoms with Crippen LogP contribution >= 0.6 is 0 Å². The molecule has 4 rings (SSSR count). The first-order valence-electron chi connectivity index (χ1n) is 10.6. The van der Waals surface area contributed by atoms with Crippen LogP contribution in [0, 0.1) is 13.8 Å². The van der Waals surface area contributed by atoms with Crippen molar-refractivity contribution in [2.24, 2.45) is 0 Å². The van der Waals surface area contributed by atoms with Crippen molar-refractivity contribution in [3.63, 3.8) is 0 Å². The summed E-state index contributed by atoms with van der Waals surface area (Å²) in [7, 11) is 3.91. The van der Waals surface area contributed by atoms with Gasteiger partial charge < -0.3 is 14.9 Å². The van der Waals surface area contributed by atoms with Crippen LogP contribution in [-0.2, 0) is 0 Å². The highest BCUT2D eigenvalue weighted by Gasteiger charge is 2.32. The number of likely N-dealkylation sites (N-methyl/N-ethyl adjacent to an activating group) is 1. The normalized spacial score (nSPS) is 19.5. The number of fused-ring (bicyclic) bond motifs is 1. The van der Waals surface area contributed by atoms with Gasteiger partial charge in [0.05, 0.1) is 12.1 Å². The summed E-state index contributed by atoms with van der Waals surface area (Å²) in [5.74, 6) is 0.0388. The van der Waals surface area contributed by atoms with E-state index in [1.807, 2.05) is 48.2 Å². The summed E-state index contributed by atoms with van der Waals surface area (Å²) in [6, 6.07) is 18.7. The highest BCUT2D eigenvalue weighted by molar-refractivity contribution is 6.10. The van der Waals surface area contributed by atoms with E-state index >= 15 is 0 Å². The van der Waals surface area contributed by atoms with E-state index in [-0.39, 0.29) is 11.9 Å². The molecule has 1 aliphatic heterocycles. The molecule has 1 fully saturated rings. The third-order valence-corrected chi connectivity index (χ3v) is 6.18. The lowest BCUT2D eigenvalue weighted by Gasteiger charge is -2.39. The smallest absolute Gasteiger partial charge is 0.254 e. The Morgan fingerprint density at radius 1 is 1.00 bits per heavy atom. The first-order chi connectivity index (χ1) is 14.3. The van der Waals surface area contributed by atoms with Crippen LogP contribution in [-0.4, -0.2) is 60.1 Å². The summed E-state index contributed by atoms with van der Waals surface area (Å²) in [6.07, 6.45) is 0.209. The van der Waals surface area contributed by atoms with Crippen LogP contribution in [0.4, 0.5) is 0 Å². The topological polar surface area (TPSA) is 43.8 Å². The second-order valence-corrected chi connectivity index (χ2v) is 8.72. The second kappa shape index (κ2) is 8.21. The predicted octanol–water partition coefficient (Wildman–Crippen LogP) is 4.26. The molecule has 3 aromatic carbocycles. The van der Waals surface area contributed by atoms with Gasteiger partial charge >= 0.3 is 0 Å².